The third-order valence-electron chi connectivity index (χ3n) is 4.49. The van der Waals surface area contributed by atoms with Crippen LogP contribution in [-0.2, 0) is 4.74 Å². The van der Waals surface area contributed by atoms with Gasteiger partial charge >= 0.3 is 6.09 Å². The Labute approximate surface area is 161 Å². The van der Waals surface area contributed by atoms with Crippen molar-refractivity contribution < 1.29 is 9.53 Å². The van der Waals surface area contributed by atoms with Crippen LogP contribution in [0.2, 0.25) is 0 Å². The van der Waals surface area contributed by atoms with Gasteiger partial charge in [0.2, 0.25) is 0 Å². The normalized spacial score (nSPS) is 11.0. The van der Waals surface area contributed by atoms with Crippen molar-refractivity contribution in [1.29, 1.82) is 0 Å². The molecule has 0 heterocycles. The SMILES string of the molecule is CCCOC(=O)NC[P+](c1ccccc1)(c1ccccc1)c1ccccc1. The van der Waals surface area contributed by atoms with E-state index in [-0.39, 0.29) is 6.09 Å². The average Bonchev–Trinajstić information content (AvgIpc) is 2.75. The first kappa shape index (κ1) is 19.1. The molecule has 0 saturated carbocycles. The monoisotopic (exact) mass is 378 g/mol. The zero-order valence-corrected chi connectivity index (χ0v) is 16.4. The molecule has 3 aromatic carbocycles. The summed E-state index contributed by atoms with van der Waals surface area (Å²) in [7, 11) is -2.05. The predicted molar refractivity (Wildman–Crippen MR) is 115 cm³/mol. The smallest absolute Gasteiger partial charge is 0.409 e. The van der Waals surface area contributed by atoms with Crippen molar-refractivity contribution in [2.45, 2.75) is 13.3 Å². The number of benzene rings is 3. The molecule has 0 saturated heterocycles. The largest absolute Gasteiger partial charge is 0.449 e. The Morgan fingerprint density at radius 1 is 0.778 bits per heavy atom. The van der Waals surface area contributed by atoms with E-state index in [0.29, 0.717) is 12.9 Å². The molecular weight excluding hydrogens is 353 g/mol. The fourth-order valence-electron chi connectivity index (χ4n) is 3.20. The Balaban J connectivity index is 2.10. The summed E-state index contributed by atoms with van der Waals surface area (Å²) in [5.41, 5.74) is 0. The van der Waals surface area contributed by atoms with Crippen LogP contribution in [0.25, 0.3) is 0 Å². The van der Waals surface area contributed by atoms with Crippen LogP contribution >= 0.6 is 7.26 Å². The molecule has 0 aliphatic heterocycles. The van der Waals surface area contributed by atoms with Crippen molar-refractivity contribution in [2.75, 3.05) is 12.9 Å². The molecule has 0 fully saturated rings. The maximum Gasteiger partial charge on any atom is 0.409 e. The van der Waals surface area contributed by atoms with Gasteiger partial charge in [-0.25, -0.2) is 4.79 Å². The molecule has 138 valence electrons. The first-order valence-electron chi connectivity index (χ1n) is 9.23. The van der Waals surface area contributed by atoms with Gasteiger partial charge < -0.3 is 4.74 Å². The lowest BCUT2D eigenvalue weighted by Crippen LogP contribution is -2.40. The van der Waals surface area contributed by atoms with Crippen LogP contribution in [0.15, 0.2) is 91.0 Å². The van der Waals surface area contributed by atoms with Crippen molar-refractivity contribution >= 4 is 29.3 Å². The van der Waals surface area contributed by atoms with Gasteiger partial charge in [-0.3, -0.25) is 5.32 Å². The van der Waals surface area contributed by atoms with Gasteiger partial charge in [0.1, 0.15) is 29.5 Å². The summed E-state index contributed by atoms with van der Waals surface area (Å²) in [5.74, 6) is 0. The molecule has 0 spiro atoms. The van der Waals surface area contributed by atoms with E-state index in [4.69, 9.17) is 4.74 Å². The maximum atomic E-state index is 12.2. The Morgan fingerprint density at radius 2 is 1.19 bits per heavy atom. The molecule has 0 atom stereocenters. The van der Waals surface area contributed by atoms with Gasteiger partial charge in [0, 0.05) is 0 Å². The summed E-state index contributed by atoms with van der Waals surface area (Å²) in [6.07, 6.45) is 0.973. The van der Waals surface area contributed by atoms with Crippen LogP contribution in [0.3, 0.4) is 0 Å². The van der Waals surface area contributed by atoms with E-state index < -0.39 is 7.26 Å². The quantitative estimate of drug-likeness (QED) is 0.630. The number of hydrogen-bond acceptors (Lipinski definition) is 2. The van der Waals surface area contributed by atoms with Crippen molar-refractivity contribution in [1.82, 2.24) is 5.32 Å². The van der Waals surface area contributed by atoms with E-state index in [0.717, 1.165) is 6.42 Å². The van der Waals surface area contributed by atoms with Crippen LogP contribution in [0.5, 0.6) is 0 Å². The van der Waals surface area contributed by atoms with E-state index in [1.165, 1.54) is 15.9 Å². The topological polar surface area (TPSA) is 38.3 Å². The molecule has 0 aromatic heterocycles. The third-order valence-corrected chi connectivity index (χ3v) is 8.66. The van der Waals surface area contributed by atoms with E-state index >= 15 is 0 Å². The second-order valence-electron chi connectivity index (χ2n) is 6.29. The molecule has 0 bridgehead atoms. The summed E-state index contributed by atoms with van der Waals surface area (Å²) in [6, 6.07) is 31.4. The molecule has 3 rings (SSSR count). The van der Waals surface area contributed by atoms with Crippen molar-refractivity contribution in [3.63, 3.8) is 0 Å². The van der Waals surface area contributed by atoms with Gasteiger partial charge in [0.15, 0.2) is 0 Å². The Kier molecular flexibility index (Phi) is 6.62. The molecule has 3 nitrogen and oxygen atoms in total. The predicted octanol–water partition coefficient (Wildman–Crippen LogP) is 4.07. The number of nitrogens with one attached hydrogen (secondary N) is 1. The molecule has 0 radical (unpaired) electrons. The highest BCUT2D eigenvalue weighted by Gasteiger charge is 2.45. The van der Waals surface area contributed by atoms with Gasteiger partial charge in [-0.1, -0.05) is 61.5 Å². The van der Waals surface area contributed by atoms with Crippen molar-refractivity contribution in [3.8, 4) is 0 Å². The second kappa shape index (κ2) is 9.34. The minimum atomic E-state index is -2.05. The summed E-state index contributed by atoms with van der Waals surface area (Å²) in [4.78, 5) is 12.2. The first-order chi connectivity index (χ1) is 13.3. The lowest BCUT2D eigenvalue weighted by molar-refractivity contribution is 0.148. The van der Waals surface area contributed by atoms with Crippen LogP contribution < -0.4 is 21.2 Å². The minimum absolute atomic E-state index is 0.357. The molecule has 27 heavy (non-hydrogen) atoms. The molecule has 0 aliphatic rings. The lowest BCUT2D eigenvalue weighted by Gasteiger charge is -2.27. The first-order valence-corrected chi connectivity index (χ1v) is 11.2. The molecule has 0 unspecified atom stereocenters. The van der Waals surface area contributed by atoms with E-state index in [1.807, 2.05) is 25.1 Å². The number of hydrogen-bond donors (Lipinski definition) is 1. The fraction of sp³-hybridized carbons (Fsp3) is 0.174. The average molecular weight is 378 g/mol. The summed E-state index contributed by atoms with van der Waals surface area (Å²) < 4.78 is 5.26. The third kappa shape index (κ3) is 4.37. The molecular formula is C23H25NO2P+. The lowest BCUT2D eigenvalue weighted by atomic mass is 10.4. The molecule has 3 aromatic rings. The summed E-state index contributed by atoms with van der Waals surface area (Å²) in [5, 5.41) is 6.75. The van der Waals surface area contributed by atoms with Crippen molar-refractivity contribution in [3.05, 3.63) is 91.0 Å². The second-order valence-corrected chi connectivity index (χ2v) is 9.77. The maximum absolute atomic E-state index is 12.2. The molecule has 1 N–H and O–H groups in total. The van der Waals surface area contributed by atoms with E-state index in [2.05, 4.69) is 78.1 Å². The number of carbonyl (C=O) groups is 1. The fourth-order valence-corrected chi connectivity index (χ4v) is 7.05. The highest BCUT2D eigenvalue weighted by molar-refractivity contribution is 7.95. The summed E-state index contributed by atoms with van der Waals surface area (Å²) in [6.45, 7) is 2.42. The zero-order chi connectivity index (χ0) is 19.0. The van der Waals surface area contributed by atoms with Gasteiger partial charge in [0.25, 0.3) is 0 Å². The van der Waals surface area contributed by atoms with Crippen LogP contribution in [0.4, 0.5) is 4.79 Å². The number of alkyl carbamates (subject to hydrolysis) is 1. The minimum Gasteiger partial charge on any atom is -0.449 e. The van der Waals surface area contributed by atoms with Gasteiger partial charge in [-0.05, 0) is 42.8 Å². The number of amides is 1. The highest BCUT2D eigenvalue weighted by atomic mass is 31.2. The van der Waals surface area contributed by atoms with Gasteiger partial charge in [-0.2, -0.15) is 0 Å². The van der Waals surface area contributed by atoms with Gasteiger partial charge in [-0.15, -0.1) is 0 Å². The van der Waals surface area contributed by atoms with Crippen LogP contribution in [-0.4, -0.2) is 19.0 Å². The Bertz CT molecular complexity index is 741. The Morgan fingerprint density at radius 3 is 1.56 bits per heavy atom. The van der Waals surface area contributed by atoms with Crippen LogP contribution in [0, 0.1) is 0 Å². The Hall–Kier alpha value is -2.64. The van der Waals surface area contributed by atoms with Crippen molar-refractivity contribution in [2.24, 2.45) is 0 Å². The highest BCUT2D eigenvalue weighted by Crippen LogP contribution is 2.54. The van der Waals surface area contributed by atoms with Gasteiger partial charge in [0.05, 0.1) is 6.61 Å². The molecule has 0 aliphatic carbocycles. The number of rotatable bonds is 7. The zero-order valence-electron chi connectivity index (χ0n) is 15.5. The number of carbonyl (C=O) groups excluding carboxylic acids is 1. The van der Waals surface area contributed by atoms with E-state index in [1.54, 1.807) is 0 Å². The molecule has 4 heteroatoms. The number of ether oxygens (including phenoxy) is 1. The molecule has 1 amide bonds. The van der Waals surface area contributed by atoms with Crippen LogP contribution in [0.1, 0.15) is 13.3 Å². The standard InChI is InChI=1S/C23H24NO2P/c1-2-18-26-23(25)24-19-27(20-12-6-3-7-13-20,21-14-8-4-9-15-21)22-16-10-5-11-17-22/h3-17H,2,18-19H2,1H3/p+1. The van der Waals surface area contributed by atoms with E-state index in [9.17, 15) is 4.79 Å². The summed E-state index contributed by atoms with van der Waals surface area (Å²) >= 11 is 0.